The van der Waals surface area contributed by atoms with E-state index in [0.29, 0.717) is 6.54 Å². The Labute approximate surface area is 123 Å². The molecule has 5 nitrogen and oxygen atoms in total. The molecule has 0 spiro atoms. The number of hydrogen-bond donors (Lipinski definition) is 1. The third-order valence-electron chi connectivity index (χ3n) is 2.94. The minimum absolute atomic E-state index is 0.0164. The summed E-state index contributed by atoms with van der Waals surface area (Å²) in [7, 11) is 0. The molecule has 3 rings (SSSR count). The number of anilines is 1. The summed E-state index contributed by atoms with van der Waals surface area (Å²) in [5.74, 6) is 0.0164. The molecule has 3 aromatic rings. The normalized spacial score (nSPS) is 11.1. The van der Waals surface area contributed by atoms with Gasteiger partial charge in [0.05, 0.1) is 16.8 Å². The van der Waals surface area contributed by atoms with E-state index in [1.165, 1.54) is 6.20 Å². The summed E-state index contributed by atoms with van der Waals surface area (Å²) in [4.78, 5) is 20.3. The fourth-order valence-electron chi connectivity index (χ4n) is 1.97. The molecule has 0 aliphatic heterocycles. The van der Waals surface area contributed by atoms with E-state index in [9.17, 15) is 4.79 Å². The van der Waals surface area contributed by atoms with Gasteiger partial charge in [0, 0.05) is 12.4 Å². The van der Waals surface area contributed by atoms with Crippen LogP contribution >= 0.6 is 23.1 Å². The van der Waals surface area contributed by atoms with Crippen molar-refractivity contribution >= 4 is 39.1 Å². The van der Waals surface area contributed by atoms with E-state index in [-0.39, 0.29) is 11.4 Å². The first-order valence-corrected chi connectivity index (χ1v) is 7.96. The van der Waals surface area contributed by atoms with Crippen molar-refractivity contribution in [2.45, 2.75) is 10.9 Å². The standard InChI is InChI=1S/C13H12N4OS2/c1-19-13-16-10-8(3-2-4-9(10)20-13)7-17-6-5-15-11(14)12(17)18/h2-6H,7H2,1H3,(H2,14,15). The number of nitrogens with zero attached hydrogens (tertiary/aromatic N) is 3. The van der Waals surface area contributed by atoms with Crippen LogP contribution in [0.4, 0.5) is 5.82 Å². The molecular weight excluding hydrogens is 292 g/mol. The molecule has 1 aromatic carbocycles. The SMILES string of the molecule is CSc1nc2c(Cn3ccnc(N)c3=O)cccc2s1. The van der Waals surface area contributed by atoms with Crippen LogP contribution in [0.3, 0.4) is 0 Å². The first kappa shape index (κ1) is 13.1. The molecular formula is C13H12N4OS2. The topological polar surface area (TPSA) is 73.8 Å². The van der Waals surface area contributed by atoms with Gasteiger partial charge in [-0.1, -0.05) is 23.9 Å². The summed E-state index contributed by atoms with van der Waals surface area (Å²) in [5.41, 5.74) is 7.23. The van der Waals surface area contributed by atoms with Crippen molar-refractivity contribution in [1.82, 2.24) is 14.5 Å². The predicted octanol–water partition coefficient (Wildman–Crippen LogP) is 2.21. The van der Waals surface area contributed by atoms with Crippen molar-refractivity contribution in [3.63, 3.8) is 0 Å². The van der Waals surface area contributed by atoms with Gasteiger partial charge in [-0.15, -0.1) is 11.3 Å². The molecule has 2 heterocycles. The van der Waals surface area contributed by atoms with E-state index < -0.39 is 0 Å². The molecule has 0 unspecified atom stereocenters. The van der Waals surface area contributed by atoms with E-state index in [2.05, 4.69) is 9.97 Å². The highest BCUT2D eigenvalue weighted by Gasteiger charge is 2.09. The van der Waals surface area contributed by atoms with Crippen molar-refractivity contribution in [1.29, 1.82) is 0 Å². The van der Waals surface area contributed by atoms with Crippen LogP contribution in [0.25, 0.3) is 10.2 Å². The third-order valence-corrected chi connectivity index (χ3v) is 4.94. The number of thioether (sulfide) groups is 1. The van der Waals surface area contributed by atoms with E-state index in [4.69, 9.17) is 5.73 Å². The van der Waals surface area contributed by atoms with E-state index in [1.807, 2.05) is 24.5 Å². The van der Waals surface area contributed by atoms with Crippen LogP contribution in [0.5, 0.6) is 0 Å². The maximum absolute atomic E-state index is 11.9. The Kier molecular flexibility index (Phi) is 3.45. The number of nitrogens with two attached hydrogens (primary N) is 1. The molecule has 0 aliphatic rings. The Morgan fingerprint density at radius 1 is 1.45 bits per heavy atom. The maximum atomic E-state index is 11.9. The number of nitrogen functional groups attached to an aromatic ring is 1. The molecule has 20 heavy (non-hydrogen) atoms. The molecule has 0 bridgehead atoms. The summed E-state index contributed by atoms with van der Waals surface area (Å²) < 4.78 is 3.70. The smallest absolute Gasteiger partial charge is 0.293 e. The van der Waals surface area contributed by atoms with E-state index in [1.54, 1.807) is 33.9 Å². The average Bonchev–Trinajstić information content (AvgIpc) is 2.88. The first-order valence-electron chi connectivity index (χ1n) is 5.92. The van der Waals surface area contributed by atoms with Gasteiger partial charge in [-0.3, -0.25) is 4.79 Å². The molecule has 0 radical (unpaired) electrons. The van der Waals surface area contributed by atoms with Crippen LogP contribution in [0, 0.1) is 0 Å². The lowest BCUT2D eigenvalue weighted by Crippen LogP contribution is -2.23. The average molecular weight is 304 g/mol. The molecule has 0 fully saturated rings. The number of fused-ring (bicyclic) bond motifs is 1. The number of para-hydroxylation sites is 1. The highest BCUT2D eigenvalue weighted by atomic mass is 32.2. The predicted molar refractivity (Wildman–Crippen MR) is 83.4 cm³/mol. The Morgan fingerprint density at radius 2 is 2.30 bits per heavy atom. The molecule has 2 aromatic heterocycles. The van der Waals surface area contributed by atoms with Gasteiger partial charge in [0.15, 0.2) is 10.2 Å². The first-order chi connectivity index (χ1) is 9.69. The number of benzene rings is 1. The molecule has 7 heteroatoms. The number of hydrogen-bond acceptors (Lipinski definition) is 6. The van der Waals surface area contributed by atoms with Crippen molar-refractivity contribution < 1.29 is 0 Å². The van der Waals surface area contributed by atoms with Gasteiger partial charge in [-0.05, 0) is 17.9 Å². The summed E-state index contributed by atoms with van der Waals surface area (Å²) in [6.45, 7) is 0.445. The zero-order valence-corrected chi connectivity index (χ0v) is 12.4. The van der Waals surface area contributed by atoms with Crippen molar-refractivity contribution in [2.75, 3.05) is 12.0 Å². The summed E-state index contributed by atoms with van der Waals surface area (Å²) in [6.07, 6.45) is 5.18. The Balaban J connectivity index is 2.08. The summed E-state index contributed by atoms with van der Waals surface area (Å²) in [6, 6.07) is 6.00. The molecule has 0 saturated carbocycles. The van der Waals surface area contributed by atoms with E-state index in [0.717, 1.165) is 20.1 Å². The van der Waals surface area contributed by atoms with Crippen LogP contribution in [-0.4, -0.2) is 20.8 Å². The second-order valence-corrected chi connectivity index (χ2v) is 6.28. The monoisotopic (exact) mass is 304 g/mol. The number of aromatic nitrogens is 3. The van der Waals surface area contributed by atoms with Crippen LogP contribution in [0.15, 0.2) is 39.7 Å². The van der Waals surface area contributed by atoms with Crippen LogP contribution < -0.4 is 11.3 Å². The van der Waals surface area contributed by atoms with Crippen LogP contribution in [0.1, 0.15) is 5.56 Å². The number of rotatable bonds is 3. The molecule has 2 N–H and O–H groups in total. The minimum Gasteiger partial charge on any atom is -0.379 e. The van der Waals surface area contributed by atoms with Crippen LogP contribution in [-0.2, 0) is 6.54 Å². The second-order valence-electron chi connectivity index (χ2n) is 4.19. The molecule has 0 aliphatic carbocycles. The fraction of sp³-hybridized carbons (Fsp3) is 0.154. The lowest BCUT2D eigenvalue weighted by atomic mass is 10.2. The molecule has 0 atom stereocenters. The van der Waals surface area contributed by atoms with Crippen LogP contribution in [0.2, 0.25) is 0 Å². The molecule has 102 valence electrons. The zero-order valence-electron chi connectivity index (χ0n) is 10.7. The summed E-state index contributed by atoms with van der Waals surface area (Å²) >= 11 is 3.28. The molecule has 0 amide bonds. The second kappa shape index (κ2) is 5.26. The maximum Gasteiger partial charge on any atom is 0.293 e. The number of thiazole rings is 1. The van der Waals surface area contributed by atoms with Crippen molar-refractivity contribution in [3.05, 3.63) is 46.5 Å². The third kappa shape index (κ3) is 2.30. The van der Waals surface area contributed by atoms with Crippen molar-refractivity contribution in [2.24, 2.45) is 0 Å². The minimum atomic E-state index is -0.273. The molecule has 0 saturated heterocycles. The van der Waals surface area contributed by atoms with Gasteiger partial charge in [0.2, 0.25) is 0 Å². The quantitative estimate of drug-likeness (QED) is 0.751. The van der Waals surface area contributed by atoms with Gasteiger partial charge in [0.25, 0.3) is 5.56 Å². The Bertz CT molecular complexity index is 825. The van der Waals surface area contributed by atoms with Gasteiger partial charge >= 0.3 is 0 Å². The van der Waals surface area contributed by atoms with Gasteiger partial charge in [0.1, 0.15) is 0 Å². The van der Waals surface area contributed by atoms with Gasteiger partial charge in [-0.2, -0.15) is 0 Å². The highest BCUT2D eigenvalue weighted by Crippen LogP contribution is 2.30. The summed E-state index contributed by atoms with van der Waals surface area (Å²) in [5, 5.41) is 0. The van der Waals surface area contributed by atoms with Crippen molar-refractivity contribution in [3.8, 4) is 0 Å². The van der Waals surface area contributed by atoms with Gasteiger partial charge in [-0.25, -0.2) is 9.97 Å². The fourth-order valence-corrected chi connectivity index (χ4v) is 3.50. The van der Waals surface area contributed by atoms with Gasteiger partial charge < -0.3 is 10.3 Å². The largest absolute Gasteiger partial charge is 0.379 e. The van der Waals surface area contributed by atoms with E-state index >= 15 is 0 Å². The zero-order chi connectivity index (χ0) is 14.1. The Hall–Kier alpha value is -1.86. The lowest BCUT2D eigenvalue weighted by molar-refractivity contribution is 0.755. The Morgan fingerprint density at radius 3 is 3.10 bits per heavy atom. The highest BCUT2D eigenvalue weighted by molar-refractivity contribution is 8.00. The lowest BCUT2D eigenvalue weighted by Gasteiger charge is -2.06.